The molecule has 0 aliphatic heterocycles. The first-order valence-electron chi connectivity index (χ1n) is 9.39. The molecule has 0 atom stereocenters. The van der Waals surface area contributed by atoms with E-state index in [0.717, 1.165) is 5.56 Å². The van der Waals surface area contributed by atoms with Gasteiger partial charge in [-0.05, 0) is 24.6 Å². The second-order valence-corrected chi connectivity index (χ2v) is 6.76. The molecule has 0 aliphatic carbocycles. The number of nitrogens with one attached hydrogen (secondary N) is 1. The molecule has 0 radical (unpaired) electrons. The molecule has 11 heteroatoms. The van der Waals surface area contributed by atoms with E-state index in [0.29, 0.717) is 23.0 Å². The van der Waals surface area contributed by atoms with Crippen molar-refractivity contribution in [1.29, 1.82) is 5.26 Å². The van der Waals surface area contributed by atoms with Crippen molar-refractivity contribution in [2.24, 2.45) is 0 Å². The van der Waals surface area contributed by atoms with E-state index in [1.165, 1.54) is 12.4 Å². The highest BCUT2D eigenvalue weighted by molar-refractivity contribution is 6.04. The smallest absolute Gasteiger partial charge is 0.392 e. The van der Waals surface area contributed by atoms with Crippen LogP contribution in [0.3, 0.4) is 0 Å². The number of alkyl halides is 3. The number of hydrogen-bond donors (Lipinski definition) is 1. The van der Waals surface area contributed by atoms with Crippen LogP contribution in [0, 0.1) is 18.3 Å². The molecule has 31 heavy (non-hydrogen) atoms. The minimum atomic E-state index is -4.28. The van der Waals surface area contributed by atoms with Gasteiger partial charge in [-0.15, -0.1) is 0 Å². The summed E-state index contributed by atoms with van der Waals surface area (Å²) in [5.41, 5.74) is 2.17. The molecule has 0 saturated carbocycles. The van der Waals surface area contributed by atoms with Crippen LogP contribution in [-0.4, -0.2) is 45.0 Å². The van der Waals surface area contributed by atoms with Gasteiger partial charge in [0.25, 0.3) is 5.91 Å². The summed E-state index contributed by atoms with van der Waals surface area (Å²) in [4.78, 5) is 20.5. The van der Waals surface area contributed by atoms with Crippen LogP contribution >= 0.6 is 0 Å². The maximum atomic E-state index is 12.3. The second-order valence-electron chi connectivity index (χ2n) is 6.76. The molecule has 0 bridgehead atoms. The van der Waals surface area contributed by atoms with Gasteiger partial charge in [0.1, 0.15) is 5.69 Å². The summed E-state index contributed by atoms with van der Waals surface area (Å²) in [5.74, 6) is -0.238. The van der Waals surface area contributed by atoms with E-state index in [-0.39, 0.29) is 24.5 Å². The monoisotopic (exact) mass is 432 g/mol. The fourth-order valence-corrected chi connectivity index (χ4v) is 2.88. The van der Waals surface area contributed by atoms with Gasteiger partial charge in [0.15, 0.2) is 0 Å². The Bertz CT molecular complexity index is 1120. The normalized spacial score (nSPS) is 11.3. The topological polar surface area (TPSA) is 106 Å². The average Bonchev–Trinajstić information content (AvgIpc) is 3.11. The molecule has 3 heterocycles. The molecule has 0 aromatic carbocycles. The summed E-state index contributed by atoms with van der Waals surface area (Å²) in [5, 5.41) is 16.2. The summed E-state index contributed by atoms with van der Waals surface area (Å²) in [6.07, 6.45) is -0.450. The SMILES string of the molecule is Cc1cc(Cn2cc3c(C(=O)NCCC#N)nccc3n2)cnc1OCCC(F)(F)F. The van der Waals surface area contributed by atoms with Crippen LogP contribution in [0.5, 0.6) is 5.88 Å². The number of amides is 1. The number of hydrogen-bond acceptors (Lipinski definition) is 6. The lowest BCUT2D eigenvalue weighted by Gasteiger charge is -2.11. The summed E-state index contributed by atoms with van der Waals surface area (Å²) in [6.45, 7) is 1.77. The number of halogens is 3. The predicted molar refractivity (Wildman–Crippen MR) is 104 cm³/mol. The predicted octanol–water partition coefficient (Wildman–Crippen LogP) is 3.16. The Morgan fingerprint density at radius 3 is 2.87 bits per heavy atom. The summed E-state index contributed by atoms with van der Waals surface area (Å²) in [6, 6.07) is 5.39. The molecule has 1 amide bonds. The third-order valence-corrected chi connectivity index (χ3v) is 4.27. The Hall–Kier alpha value is -3.68. The molecular weight excluding hydrogens is 413 g/mol. The molecular formula is C20H19F3N6O2. The zero-order chi connectivity index (χ0) is 22.4. The zero-order valence-electron chi connectivity index (χ0n) is 16.6. The first-order chi connectivity index (χ1) is 14.8. The first-order valence-corrected chi connectivity index (χ1v) is 9.39. The van der Waals surface area contributed by atoms with E-state index < -0.39 is 25.1 Å². The third kappa shape index (κ3) is 5.91. The highest BCUT2D eigenvalue weighted by Gasteiger charge is 2.27. The lowest BCUT2D eigenvalue weighted by Crippen LogP contribution is -2.25. The van der Waals surface area contributed by atoms with Gasteiger partial charge in [-0.25, -0.2) is 4.98 Å². The standard InChI is InChI=1S/C20H19F3N6O2/c1-13-9-14(10-27-19(13)31-8-4-20(21,22)23)11-29-12-15-16(28-29)3-7-25-17(15)18(30)26-6-2-5-24/h3,7,9-10,12H,2,4,6,8,11H2,1H3,(H,26,30). The van der Waals surface area contributed by atoms with Crippen molar-refractivity contribution in [1.82, 2.24) is 25.1 Å². The Kier molecular flexibility index (Phi) is 6.69. The fraction of sp³-hybridized carbons (Fsp3) is 0.350. The van der Waals surface area contributed by atoms with Gasteiger partial charge < -0.3 is 10.1 Å². The third-order valence-electron chi connectivity index (χ3n) is 4.27. The number of fused-ring (bicyclic) bond motifs is 1. The van der Waals surface area contributed by atoms with Gasteiger partial charge in [0.2, 0.25) is 5.88 Å². The van der Waals surface area contributed by atoms with Crippen molar-refractivity contribution in [3.8, 4) is 11.9 Å². The number of rotatable bonds is 8. The van der Waals surface area contributed by atoms with Crippen LogP contribution in [-0.2, 0) is 6.54 Å². The Balaban J connectivity index is 1.72. The number of carbonyl (C=O) groups excluding carboxylic acids is 1. The number of nitriles is 1. The maximum Gasteiger partial charge on any atom is 0.392 e. The van der Waals surface area contributed by atoms with Gasteiger partial charge in [-0.3, -0.25) is 14.5 Å². The molecule has 8 nitrogen and oxygen atoms in total. The van der Waals surface area contributed by atoms with Gasteiger partial charge in [-0.1, -0.05) is 0 Å². The molecule has 3 aromatic heterocycles. The lowest BCUT2D eigenvalue weighted by atomic mass is 10.2. The number of aromatic nitrogens is 4. The van der Waals surface area contributed by atoms with Crippen LogP contribution in [0.15, 0.2) is 30.7 Å². The largest absolute Gasteiger partial charge is 0.477 e. The molecule has 3 aromatic rings. The van der Waals surface area contributed by atoms with E-state index in [1.807, 2.05) is 6.07 Å². The Morgan fingerprint density at radius 1 is 1.35 bits per heavy atom. The van der Waals surface area contributed by atoms with Crippen LogP contribution in [0.25, 0.3) is 10.9 Å². The minimum Gasteiger partial charge on any atom is -0.477 e. The average molecular weight is 432 g/mol. The maximum absolute atomic E-state index is 12.3. The number of carbonyl (C=O) groups is 1. The summed E-state index contributed by atoms with van der Waals surface area (Å²) in [7, 11) is 0. The number of aryl methyl sites for hydroxylation is 1. The quantitative estimate of drug-likeness (QED) is 0.548. The highest BCUT2D eigenvalue weighted by Crippen LogP contribution is 2.22. The van der Waals surface area contributed by atoms with Crippen molar-refractivity contribution in [2.75, 3.05) is 13.2 Å². The van der Waals surface area contributed by atoms with Crippen LogP contribution in [0.4, 0.5) is 13.2 Å². The van der Waals surface area contributed by atoms with Crippen molar-refractivity contribution < 1.29 is 22.7 Å². The van der Waals surface area contributed by atoms with Crippen molar-refractivity contribution in [3.05, 3.63) is 47.5 Å². The number of pyridine rings is 2. The molecule has 0 spiro atoms. The van der Waals surface area contributed by atoms with Crippen molar-refractivity contribution in [3.63, 3.8) is 0 Å². The van der Waals surface area contributed by atoms with Crippen LogP contribution in [0.2, 0.25) is 0 Å². The van der Waals surface area contributed by atoms with Crippen LogP contribution in [0.1, 0.15) is 34.5 Å². The number of ether oxygens (including phenoxy) is 1. The van der Waals surface area contributed by atoms with E-state index in [4.69, 9.17) is 10.00 Å². The van der Waals surface area contributed by atoms with Gasteiger partial charge >= 0.3 is 6.18 Å². The molecule has 0 aliphatic rings. The van der Waals surface area contributed by atoms with Gasteiger partial charge in [-0.2, -0.15) is 23.5 Å². The van der Waals surface area contributed by atoms with E-state index >= 15 is 0 Å². The zero-order valence-corrected chi connectivity index (χ0v) is 16.6. The number of nitrogens with zero attached hydrogens (tertiary/aromatic N) is 5. The summed E-state index contributed by atoms with van der Waals surface area (Å²) < 4.78 is 43.5. The highest BCUT2D eigenvalue weighted by atomic mass is 19.4. The molecule has 0 saturated heterocycles. The van der Waals surface area contributed by atoms with E-state index in [2.05, 4.69) is 20.4 Å². The van der Waals surface area contributed by atoms with Crippen molar-refractivity contribution in [2.45, 2.75) is 32.5 Å². The lowest BCUT2D eigenvalue weighted by molar-refractivity contribution is -0.139. The molecule has 0 fully saturated rings. The van der Waals surface area contributed by atoms with E-state index in [1.54, 1.807) is 29.9 Å². The van der Waals surface area contributed by atoms with Crippen LogP contribution < -0.4 is 10.1 Å². The molecule has 162 valence electrons. The Morgan fingerprint density at radius 2 is 2.16 bits per heavy atom. The summed E-state index contributed by atoms with van der Waals surface area (Å²) >= 11 is 0. The van der Waals surface area contributed by atoms with Gasteiger partial charge in [0.05, 0.1) is 43.0 Å². The second kappa shape index (κ2) is 9.42. The van der Waals surface area contributed by atoms with E-state index in [9.17, 15) is 18.0 Å². The fourth-order valence-electron chi connectivity index (χ4n) is 2.88. The molecule has 3 rings (SSSR count). The minimum absolute atomic E-state index is 0.152. The Labute approximate surface area is 175 Å². The first kappa shape index (κ1) is 22.0. The van der Waals surface area contributed by atoms with Gasteiger partial charge in [0, 0.05) is 30.7 Å². The molecule has 1 N–H and O–H groups in total. The molecule has 0 unspecified atom stereocenters. The van der Waals surface area contributed by atoms with Crippen molar-refractivity contribution >= 4 is 16.8 Å².